The highest BCUT2D eigenvalue weighted by atomic mass is 19.3. The zero-order chi connectivity index (χ0) is 39.9. The van der Waals surface area contributed by atoms with Gasteiger partial charge in [0.2, 0.25) is 6.43 Å². The van der Waals surface area contributed by atoms with Crippen LogP contribution in [0.5, 0.6) is 6.01 Å². The van der Waals surface area contributed by atoms with Crippen molar-refractivity contribution in [1.82, 2.24) is 29.7 Å². The van der Waals surface area contributed by atoms with Crippen LogP contribution in [0.2, 0.25) is 0 Å². The van der Waals surface area contributed by atoms with E-state index in [1.165, 1.54) is 18.2 Å². The van der Waals surface area contributed by atoms with E-state index in [0.29, 0.717) is 79.2 Å². The number of aromatic nitrogens is 4. The van der Waals surface area contributed by atoms with Crippen molar-refractivity contribution < 1.29 is 31.1 Å². The Morgan fingerprint density at radius 1 is 1.07 bits per heavy atom. The van der Waals surface area contributed by atoms with E-state index in [1.54, 1.807) is 13.8 Å². The highest BCUT2D eigenvalue weighted by Gasteiger charge is 2.49. The first-order chi connectivity index (χ1) is 27.3. The lowest BCUT2D eigenvalue weighted by Crippen LogP contribution is -2.60. The summed E-state index contributed by atoms with van der Waals surface area (Å²) >= 11 is 0. The average Bonchev–Trinajstić information content (AvgIpc) is 3.64. The summed E-state index contributed by atoms with van der Waals surface area (Å²) in [6.07, 6.45) is 7.10. The number of nitrogens with two attached hydrogens (primary N) is 1. The Hall–Kier alpha value is -5.27. The lowest BCUT2D eigenvalue weighted by Gasteiger charge is -2.48. The molecule has 0 radical (unpaired) electrons. The molecule has 3 saturated heterocycles. The molecule has 8 heterocycles. The quantitative estimate of drug-likeness (QED) is 0.151. The predicted molar refractivity (Wildman–Crippen MR) is 204 cm³/mol. The van der Waals surface area contributed by atoms with Gasteiger partial charge in [-0.25, -0.2) is 32.3 Å². The van der Waals surface area contributed by atoms with Crippen molar-refractivity contribution >= 4 is 33.3 Å². The van der Waals surface area contributed by atoms with Gasteiger partial charge in [-0.05, 0) is 76.6 Å². The Morgan fingerprint density at radius 2 is 1.89 bits per heavy atom. The van der Waals surface area contributed by atoms with Gasteiger partial charge in [0.05, 0.1) is 29.8 Å². The van der Waals surface area contributed by atoms with Crippen molar-refractivity contribution in [2.45, 2.75) is 83.5 Å². The Morgan fingerprint density at radius 3 is 2.65 bits per heavy atom. The molecule has 0 unspecified atom stereocenters. The molecule has 0 spiro atoms. The van der Waals surface area contributed by atoms with Crippen molar-refractivity contribution in [1.29, 1.82) is 0 Å². The molecule has 2 N–H and O–H groups in total. The molecule has 16 heteroatoms. The van der Waals surface area contributed by atoms with E-state index < -0.39 is 35.2 Å². The van der Waals surface area contributed by atoms with E-state index in [4.69, 9.17) is 35.7 Å². The second-order valence-electron chi connectivity index (χ2n) is 16.3. The van der Waals surface area contributed by atoms with Crippen LogP contribution < -0.4 is 21.2 Å². The van der Waals surface area contributed by atoms with Crippen LogP contribution in [-0.2, 0) is 13.0 Å². The third-order valence-electron chi connectivity index (χ3n) is 12.6. The van der Waals surface area contributed by atoms with Crippen LogP contribution in [0.15, 0.2) is 31.8 Å². The Labute approximate surface area is 325 Å². The SMILES string of the molecule is C#Cc1c(F)ccc2cc(N)nc(-c3nc4c5c(nc(OC[C@]6(C)CN(C)CC[C@@H]6C(F)F)nc5c3F)N3C[C@H]5CC[C@@H]([C@H]3CCC4)N5Cc3oc(=O)oc3C)c12. The summed E-state index contributed by atoms with van der Waals surface area (Å²) in [6, 6.07) is 4.11. The van der Waals surface area contributed by atoms with E-state index in [0.717, 1.165) is 19.3 Å². The molecule has 298 valence electrons. The van der Waals surface area contributed by atoms with E-state index in [-0.39, 0.29) is 64.4 Å². The number of nitrogens with zero attached hydrogens (tertiary/aromatic N) is 7. The number of piperazine rings is 1. The standard InChI is InChI=1S/C41H42F4N8O4/c1-5-23-25(42)11-9-21-15-30(46)48-35(31(21)23)36-33(43)34-32-26(47-36)7-6-8-27-28-12-10-22(52(28)17-29-20(2)56-40(54)57-29)16-53(27)38(32)50-39(49-34)55-19-41(3)18-51(4)14-13-24(41)37(44)45/h1,9,11,15,22,24,27-28,37H,6-8,10,12-14,16-19H2,2-4H3,(H2,46,48)/t22-,24-,27-,28+,41+/m1/s1. The Kier molecular flexibility index (Phi) is 9.15. The van der Waals surface area contributed by atoms with Gasteiger partial charge >= 0.3 is 11.8 Å². The van der Waals surface area contributed by atoms with E-state index in [9.17, 15) is 13.6 Å². The Bertz CT molecular complexity index is 2520. The molecule has 5 atom stereocenters. The van der Waals surface area contributed by atoms with E-state index in [2.05, 4.69) is 25.7 Å². The van der Waals surface area contributed by atoms with Gasteiger partial charge in [-0.1, -0.05) is 18.9 Å². The first-order valence-electron chi connectivity index (χ1n) is 19.3. The minimum absolute atomic E-state index is 0.0268. The summed E-state index contributed by atoms with van der Waals surface area (Å²) < 4.78 is 78.4. The molecular formula is C41H42F4N8O4. The van der Waals surface area contributed by atoms with Gasteiger partial charge in [-0.3, -0.25) is 4.90 Å². The summed E-state index contributed by atoms with van der Waals surface area (Å²) in [5.41, 5.74) is 5.36. The molecule has 57 heavy (non-hydrogen) atoms. The molecule has 9 rings (SSSR count). The monoisotopic (exact) mass is 786 g/mol. The van der Waals surface area contributed by atoms with Crippen LogP contribution in [-0.4, -0.2) is 87.6 Å². The van der Waals surface area contributed by atoms with Crippen LogP contribution in [0, 0.1) is 42.2 Å². The number of benzene rings is 1. The van der Waals surface area contributed by atoms with Gasteiger partial charge in [0.25, 0.3) is 0 Å². The summed E-state index contributed by atoms with van der Waals surface area (Å²) in [5, 5.41) is 1.05. The highest BCUT2D eigenvalue weighted by molar-refractivity contribution is 6.02. The molecular weight excluding hydrogens is 744 g/mol. The number of hydrogen-bond donors (Lipinski definition) is 1. The molecule has 4 aliphatic rings. The third-order valence-corrected chi connectivity index (χ3v) is 12.6. The maximum atomic E-state index is 17.5. The van der Waals surface area contributed by atoms with Crippen LogP contribution in [0.3, 0.4) is 0 Å². The van der Waals surface area contributed by atoms with Gasteiger partial charge in [0.15, 0.2) is 11.6 Å². The molecule has 2 bridgehead atoms. The summed E-state index contributed by atoms with van der Waals surface area (Å²) in [6.45, 7) is 5.16. The molecule has 0 aliphatic carbocycles. The fraction of sp³-hybridized carbons (Fsp3) is 0.488. The molecule has 12 nitrogen and oxygen atoms in total. The van der Waals surface area contributed by atoms with Crippen molar-refractivity contribution in [2.24, 2.45) is 11.3 Å². The molecule has 1 aromatic carbocycles. The number of likely N-dealkylation sites (tertiary alicyclic amines) is 1. The van der Waals surface area contributed by atoms with Crippen molar-refractivity contribution in [3.8, 4) is 29.7 Å². The molecule has 5 aromatic rings. The molecule has 4 aromatic heterocycles. The largest absolute Gasteiger partial charge is 0.519 e. The minimum atomic E-state index is -2.56. The fourth-order valence-corrected chi connectivity index (χ4v) is 9.95. The number of anilines is 2. The van der Waals surface area contributed by atoms with Crippen LogP contribution >= 0.6 is 0 Å². The normalized spacial score (nSPS) is 25.1. The molecule has 0 saturated carbocycles. The van der Waals surface area contributed by atoms with Gasteiger partial charge in [-0.15, -0.1) is 6.42 Å². The van der Waals surface area contributed by atoms with Crippen molar-refractivity contribution in [3.05, 3.63) is 63.2 Å². The fourth-order valence-electron chi connectivity index (χ4n) is 9.95. The number of alkyl halides is 2. The number of pyridine rings is 2. The number of hydrogen-bond acceptors (Lipinski definition) is 12. The number of fused-ring (bicyclic) bond motifs is 6. The maximum Gasteiger partial charge on any atom is 0.519 e. The zero-order valence-corrected chi connectivity index (χ0v) is 31.8. The van der Waals surface area contributed by atoms with Crippen LogP contribution in [0.1, 0.15) is 61.8 Å². The number of piperidine rings is 1. The summed E-state index contributed by atoms with van der Waals surface area (Å²) in [7, 11) is 1.88. The average molecular weight is 787 g/mol. The van der Waals surface area contributed by atoms with Gasteiger partial charge in [0, 0.05) is 47.9 Å². The predicted octanol–water partition coefficient (Wildman–Crippen LogP) is 6.10. The van der Waals surface area contributed by atoms with E-state index in [1.807, 2.05) is 11.9 Å². The number of terminal acetylenes is 1. The molecule has 0 amide bonds. The number of aryl methyl sites for hydroxylation is 2. The van der Waals surface area contributed by atoms with Crippen LogP contribution in [0.4, 0.5) is 29.2 Å². The molecule has 3 fully saturated rings. The maximum absolute atomic E-state index is 17.5. The van der Waals surface area contributed by atoms with Gasteiger partial charge in [-0.2, -0.15) is 9.97 Å². The summed E-state index contributed by atoms with van der Waals surface area (Å²) in [5.74, 6) is 0.614. The zero-order valence-electron chi connectivity index (χ0n) is 31.8. The lowest BCUT2D eigenvalue weighted by molar-refractivity contribution is -0.0679. The number of ether oxygens (including phenoxy) is 1. The smallest absolute Gasteiger partial charge is 0.463 e. The number of halogens is 4. The number of rotatable bonds is 7. The minimum Gasteiger partial charge on any atom is -0.463 e. The highest BCUT2D eigenvalue weighted by Crippen LogP contribution is 2.46. The van der Waals surface area contributed by atoms with E-state index >= 15 is 8.78 Å². The molecule has 4 aliphatic heterocycles. The second kappa shape index (κ2) is 14.0. The second-order valence-corrected chi connectivity index (χ2v) is 16.3. The van der Waals surface area contributed by atoms with Crippen LogP contribution in [0.25, 0.3) is 33.1 Å². The first-order valence-corrected chi connectivity index (χ1v) is 19.3. The lowest BCUT2D eigenvalue weighted by atomic mass is 9.73. The topological polar surface area (TPSA) is 140 Å². The first kappa shape index (κ1) is 37.3. The van der Waals surface area contributed by atoms with Gasteiger partial charge < -0.3 is 29.1 Å². The Balaban J connectivity index is 1.21. The van der Waals surface area contributed by atoms with Crippen molar-refractivity contribution in [2.75, 3.05) is 43.9 Å². The van der Waals surface area contributed by atoms with Gasteiger partial charge in [0.1, 0.15) is 40.1 Å². The third kappa shape index (κ3) is 6.26. The summed E-state index contributed by atoms with van der Waals surface area (Å²) in [4.78, 5) is 37.4. The van der Waals surface area contributed by atoms with Crippen molar-refractivity contribution in [3.63, 3.8) is 0 Å². The number of nitrogen functional groups attached to an aromatic ring is 1.